The van der Waals surface area contributed by atoms with Gasteiger partial charge in [-0.15, -0.1) is 0 Å². The first-order valence-corrected chi connectivity index (χ1v) is 24.7. The van der Waals surface area contributed by atoms with E-state index in [9.17, 15) is 15.0 Å². The van der Waals surface area contributed by atoms with Gasteiger partial charge in [-0.1, -0.05) is 243 Å². The third kappa shape index (κ3) is 43.6. The van der Waals surface area contributed by atoms with Crippen LogP contribution in [-0.2, 0) is 4.79 Å². The van der Waals surface area contributed by atoms with E-state index in [1.54, 1.807) is 0 Å². The summed E-state index contributed by atoms with van der Waals surface area (Å²) in [6.07, 6.45) is 62.4. The van der Waals surface area contributed by atoms with E-state index in [4.69, 9.17) is 0 Å². The first kappa shape index (κ1) is 53.6. The monoisotopic (exact) mass is 772 g/mol. The number of rotatable bonds is 45. The molecule has 324 valence electrons. The molecule has 4 heteroatoms. The van der Waals surface area contributed by atoms with Gasteiger partial charge in [0.2, 0.25) is 5.91 Å². The third-order valence-corrected chi connectivity index (χ3v) is 11.4. The Morgan fingerprint density at radius 3 is 1.11 bits per heavy atom. The summed E-state index contributed by atoms with van der Waals surface area (Å²) in [5.41, 5.74) is 0. The lowest BCUT2D eigenvalue weighted by molar-refractivity contribution is -0.123. The summed E-state index contributed by atoms with van der Waals surface area (Å²) in [5.74, 6) is -0.0318. The molecule has 3 N–H and O–H groups in total. The van der Waals surface area contributed by atoms with Crippen LogP contribution in [0.2, 0.25) is 0 Å². The summed E-state index contributed by atoms with van der Waals surface area (Å²) in [6.45, 7) is 4.36. The summed E-state index contributed by atoms with van der Waals surface area (Å²) < 4.78 is 0. The number of aliphatic hydroxyl groups is 2. The minimum atomic E-state index is -0.660. The van der Waals surface area contributed by atoms with Gasteiger partial charge in [0.15, 0.2) is 0 Å². The maximum Gasteiger partial charge on any atom is 0.220 e. The van der Waals surface area contributed by atoms with E-state index in [1.165, 1.54) is 199 Å². The topological polar surface area (TPSA) is 69.6 Å². The molecule has 0 aliphatic carbocycles. The van der Waals surface area contributed by atoms with Gasteiger partial charge >= 0.3 is 0 Å². The van der Waals surface area contributed by atoms with E-state index in [0.29, 0.717) is 12.8 Å². The Morgan fingerprint density at radius 2 is 0.745 bits per heavy atom. The number of allylic oxidation sites excluding steroid dienone is 6. The van der Waals surface area contributed by atoms with Gasteiger partial charge < -0.3 is 15.5 Å². The van der Waals surface area contributed by atoms with Crippen molar-refractivity contribution in [1.29, 1.82) is 0 Å². The van der Waals surface area contributed by atoms with Crippen molar-refractivity contribution in [3.8, 4) is 0 Å². The van der Waals surface area contributed by atoms with Crippen molar-refractivity contribution in [2.24, 2.45) is 0 Å². The number of hydrogen-bond donors (Lipinski definition) is 3. The summed E-state index contributed by atoms with van der Waals surface area (Å²) in [5, 5.41) is 23.2. The highest BCUT2D eigenvalue weighted by molar-refractivity contribution is 5.76. The molecule has 0 radical (unpaired) electrons. The molecule has 0 aliphatic heterocycles. The Morgan fingerprint density at radius 1 is 0.436 bits per heavy atom. The fraction of sp³-hybridized carbons (Fsp3) is 0.863. The van der Waals surface area contributed by atoms with Crippen LogP contribution in [0.1, 0.15) is 264 Å². The molecule has 2 atom stereocenters. The first-order chi connectivity index (χ1) is 27.2. The van der Waals surface area contributed by atoms with E-state index >= 15 is 0 Å². The Kier molecular flexibility index (Phi) is 45.8. The van der Waals surface area contributed by atoms with Gasteiger partial charge in [-0.3, -0.25) is 4.79 Å². The van der Waals surface area contributed by atoms with Crippen molar-refractivity contribution in [1.82, 2.24) is 5.32 Å². The highest BCUT2D eigenvalue weighted by Crippen LogP contribution is 2.16. The number of unbranched alkanes of at least 4 members (excludes halogenated alkanes) is 32. The second kappa shape index (κ2) is 47.0. The highest BCUT2D eigenvalue weighted by atomic mass is 16.3. The molecule has 0 aliphatic rings. The van der Waals surface area contributed by atoms with Gasteiger partial charge in [-0.25, -0.2) is 0 Å². The molecule has 0 bridgehead atoms. The second-order valence-corrected chi connectivity index (χ2v) is 16.9. The predicted molar refractivity (Wildman–Crippen MR) is 244 cm³/mol. The van der Waals surface area contributed by atoms with Gasteiger partial charge in [-0.2, -0.15) is 0 Å². The Balaban J connectivity index is 3.49. The standard InChI is InChI=1S/C51H97NO3/c1-3-5-7-9-11-13-15-17-19-21-22-23-24-25-26-27-28-29-30-31-33-35-37-39-41-43-45-47-51(55)52-49(48-53)50(54)46-44-42-40-38-36-34-32-20-18-16-14-12-10-8-6-4-2/h15,17,21-22,24-25,49-50,53-54H,3-14,16,18-20,23,26-48H2,1-2H3,(H,52,55)/b17-15-,22-21-,25-24-. The van der Waals surface area contributed by atoms with E-state index in [-0.39, 0.29) is 12.5 Å². The quantitative estimate of drug-likeness (QED) is 0.0426. The van der Waals surface area contributed by atoms with Crippen LogP contribution in [0.5, 0.6) is 0 Å². The molecule has 0 heterocycles. The predicted octanol–water partition coefficient (Wildman–Crippen LogP) is 15.7. The number of nitrogens with one attached hydrogen (secondary N) is 1. The van der Waals surface area contributed by atoms with Crippen LogP contribution in [0.4, 0.5) is 0 Å². The fourth-order valence-electron chi connectivity index (χ4n) is 7.60. The lowest BCUT2D eigenvalue weighted by Gasteiger charge is -2.22. The zero-order valence-corrected chi connectivity index (χ0v) is 37.2. The maximum absolute atomic E-state index is 12.4. The molecule has 1 amide bonds. The molecule has 2 unspecified atom stereocenters. The molecule has 4 nitrogen and oxygen atoms in total. The third-order valence-electron chi connectivity index (χ3n) is 11.4. The van der Waals surface area contributed by atoms with Crippen molar-refractivity contribution >= 4 is 5.91 Å². The Bertz CT molecular complexity index is 836. The van der Waals surface area contributed by atoms with E-state index in [0.717, 1.165) is 38.5 Å². The SMILES string of the molecule is CCCCCCC/C=C\C/C=C\C/C=C\CCCCCCCCCCCCCCC(=O)NC(CO)C(O)CCCCCCCCCCCCCCCCCC. The van der Waals surface area contributed by atoms with E-state index in [1.807, 2.05) is 0 Å². The largest absolute Gasteiger partial charge is 0.394 e. The number of carbonyl (C=O) groups is 1. The zero-order chi connectivity index (χ0) is 40.0. The molecule has 0 rings (SSSR count). The number of aliphatic hydroxyl groups excluding tert-OH is 2. The molecule has 0 saturated heterocycles. The van der Waals surface area contributed by atoms with Crippen LogP contribution >= 0.6 is 0 Å². The maximum atomic E-state index is 12.4. The Labute approximate surface area is 344 Å². The zero-order valence-electron chi connectivity index (χ0n) is 37.2. The fourth-order valence-corrected chi connectivity index (χ4v) is 7.60. The number of hydrogen-bond acceptors (Lipinski definition) is 3. The van der Waals surface area contributed by atoms with Crippen LogP contribution in [0.15, 0.2) is 36.5 Å². The lowest BCUT2D eigenvalue weighted by atomic mass is 10.0. The molecule has 0 saturated carbocycles. The van der Waals surface area contributed by atoms with Crippen molar-refractivity contribution in [3.05, 3.63) is 36.5 Å². The van der Waals surface area contributed by atoms with Gasteiger partial charge in [0.05, 0.1) is 18.8 Å². The Hall–Kier alpha value is -1.39. The summed E-state index contributed by atoms with van der Waals surface area (Å²) >= 11 is 0. The van der Waals surface area contributed by atoms with Crippen molar-refractivity contribution in [2.75, 3.05) is 6.61 Å². The molecule has 0 aromatic heterocycles. The van der Waals surface area contributed by atoms with Crippen molar-refractivity contribution in [2.45, 2.75) is 276 Å². The molecule has 0 aromatic rings. The molecular formula is C51H97NO3. The first-order valence-electron chi connectivity index (χ1n) is 24.7. The number of amides is 1. The smallest absolute Gasteiger partial charge is 0.220 e. The van der Waals surface area contributed by atoms with Crippen molar-refractivity contribution in [3.63, 3.8) is 0 Å². The van der Waals surface area contributed by atoms with Crippen LogP contribution in [-0.4, -0.2) is 34.9 Å². The average molecular weight is 772 g/mol. The van der Waals surface area contributed by atoms with Gasteiger partial charge in [0, 0.05) is 6.42 Å². The summed E-state index contributed by atoms with van der Waals surface area (Å²) in [4.78, 5) is 12.4. The summed E-state index contributed by atoms with van der Waals surface area (Å²) in [7, 11) is 0. The van der Waals surface area contributed by atoms with Crippen LogP contribution in [0.3, 0.4) is 0 Å². The van der Waals surface area contributed by atoms with Crippen molar-refractivity contribution < 1.29 is 15.0 Å². The minimum Gasteiger partial charge on any atom is -0.394 e. The molecule has 0 aromatic carbocycles. The summed E-state index contributed by atoms with van der Waals surface area (Å²) in [6, 6.07) is -0.537. The molecule has 0 spiro atoms. The molecular weight excluding hydrogens is 675 g/mol. The van der Waals surface area contributed by atoms with Gasteiger partial charge in [0.1, 0.15) is 0 Å². The van der Waals surface area contributed by atoms with E-state index < -0.39 is 12.1 Å². The molecule has 0 fully saturated rings. The van der Waals surface area contributed by atoms with Crippen LogP contribution in [0.25, 0.3) is 0 Å². The van der Waals surface area contributed by atoms with Crippen LogP contribution < -0.4 is 5.32 Å². The average Bonchev–Trinajstić information content (AvgIpc) is 3.19. The normalized spacial score (nSPS) is 13.2. The van der Waals surface area contributed by atoms with Crippen LogP contribution in [0, 0.1) is 0 Å². The van der Waals surface area contributed by atoms with Gasteiger partial charge in [0.25, 0.3) is 0 Å². The lowest BCUT2D eigenvalue weighted by Crippen LogP contribution is -2.45. The highest BCUT2D eigenvalue weighted by Gasteiger charge is 2.20. The van der Waals surface area contributed by atoms with E-state index in [2.05, 4.69) is 55.6 Å². The molecule has 55 heavy (non-hydrogen) atoms. The van der Waals surface area contributed by atoms with Gasteiger partial charge in [-0.05, 0) is 51.4 Å². The number of carbonyl (C=O) groups excluding carboxylic acids is 1. The minimum absolute atomic E-state index is 0.0318. The second-order valence-electron chi connectivity index (χ2n) is 16.9.